The lowest BCUT2D eigenvalue weighted by Gasteiger charge is -2.37. The summed E-state index contributed by atoms with van der Waals surface area (Å²) in [6.45, 7) is 3.46. The van der Waals surface area contributed by atoms with Crippen LogP contribution in [-0.4, -0.2) is 72.0 Å². The molecular formula is C19H31N5O. The van der Waals surface area contributed by atoms with Gasteiger partial charge in [0.1, 0.15) is 0 Å². The lowest BCUT2D eigenvalue weighted by Crippen LogP contribution is -2.49. The third-order valence-electron chi connectivity index (χ3n) is 5.44. The standard InChI is InChI=1S/C19H31N5O/c1-22(2)13-14-24(17-8-3-4-9-17)18(25)16-7-5-12-23(15-16)19-20-10-6-11-21-19/h6,10-11,16-17H,3-5,7-9,12-15H2,1-2H3/t16-/m0/s1. The summed E-state index contributed by atoms with van der Waals surface area (Å²) in [6, 6.07) is 2.27. The molecule has 25 heavy (non-hydrogen) atoms. The maximum atomic E-state index is 13.3. The third-order valence-corrected chi connectivity index (χ3v) is 5.44. The molecule has 6 nitrogen and oxygen atoms in total. The normalized spacial score (nSPS) is 21.7. The number of aromatic nitrogens is 2. The largest absolute Gasteiger partial charge is 0.340 e. The van der Waals surface area contributed by atoms with Gasteiger partial charge >= 0.3 is 0 Å². The maximum absolute atomic E-state index is 13.3. The molecule has 1 aromatic heterocycles. The van der Waals surface area contributed by atoms with E-state index in [9.17, 15) is 4.79 Å². The molecule has 138 valence electrons. The maximum Gasteiger partial charge on any atom is 0.227 e. The molecule has 1 aliphatic carbocycles. The second-order valence-electron chi connectivity index (χ2n) is 7.61. The highest BCUT2D eigenvalue weighted by Crippen LogP contribution is 2.28. The molecule has 0 spiro atoms. The van der Waals surface area contributed by atoms with Crippen molar-refractivity contribution in [2.45, 2.75) is 44.6 Å². The highest BCUT2D eigenvalue weighted by atomic mass is 16.2. The van der Waals surface area contributed by atoms with Crippen molar-refractivity contribution in [2.24, 2.45) is 5.92 Å². The monoisotopic (exact) mass is 345 g/mol. The summed E-state index contributed by atoms with van der Waals surface area (Å²) in [5.74, 6) is 1.16. The molecule has 2 heterocycles. The SMILES string of the molecule is CN(C)CCN(C(=O)[C@H]1CCCN(c2ncccn2)C1)C1CCCC1. The van der Waals surface area contributed by atoms with Gasteiger partial charge < -0.3 is 14.7 Å². The van der Waals surface area contributed by atoms with Crippen molar-refractivity contribution >= 4 is 11.9 Å². The number of piperidine rings is 1. The number of rotatable bonds is 6. The van der Waals surface area contributed by atoms with Gasteiger partial charge in [-0.1, -0.05) is 12.8 Å². The number of amides is 1. The molecule has 1 aliphatic heterocycles. The van der Waals surface area contributed by atoms with E-state index in [-0.39, 0.29) is 5.92 Å². The summed E-state index contributed by atoms with van der Waals surface area (Å²) in [6.07, 6.45) is 10.4. The molecule has 1 saturated carbocycles. The van der Waals surface area contributed by atoms with E-state index >= 15 is 0 Å². The minimum Gasteiger partial charge on any atom is -0.340 e. The van der Waals surface area contributed by atoms with E-state index in [2.05, 4.69) is 38.8 Å². The first kappa shape index (κ1) is 18.1. The van der Waals surface area contributed by atoms with Gasteiger partial charge in [0.2, 0.25) is 11.9 Å². The summed E-state index contributed by atoms with van der Waals surface area (Å²) in [7, 11) is 4.15. The summed E-state index contributed by atoms with van der Waals surface area (Å²) in [5.41, 5.74) is 0. The van der Waals surface area contributed by atoms with E-state index in [1.165, 1.54) is 12.8 Å². The highest BCUT2D eigenvalue weighted by Gasteiger charge is 2.34. The summed E-state index contributed by atoms with van der Waals surface area (Å²) in [4.78, 5) is 28.6. The lowest BCUT2D eigenvalue weighted by molar-refractivity contribution is -0.138. The topological polar surface area (TPSA) is 52.6 Å². The molecule has 2 fully saturated rings. The van der Waals surface area contributed by atoms with Crippen LogP contribution in [0.1, 0.15) is 38.5 Å². The van der Waals surface area contributed by atoms with Gasteiger partial charge in [0, 0.05) is 44.6 Å². The molecule has 0 aromatic carbocycles. The zero-order valence-electron chi connectivity index (χ0n) is 15.6. The van der Waals surface area contributed by atoms with Gasteiger partial charge in [0.05, 0.1) is 5.92 Å². The Hall–Kier alpha value is -1.69. The first-order valence-electron chi connectivity index (χ1n) is 9.62. The Bertz CT molecular complexity index is 544. The summed E-state index contributed by atoms with van der Waals surface area (Å²) >= 11 is 0. The van der Waals surface area contributed by atoms with Gasteiger partial charge in [-0.05, 0) is 45.8 Å². The van der Waals surface area contributed by atoms with Crippen LogP contribution in [-0.2, 0) is 4.79 Å². The smallest absolute Gasteiger partial charge is 0.227 e. The molecule has 6 heteroatoms. The molecule has 0 unspecified atom stereocenters. The first-order valence-corrected chi connectivity index (χ1v) is 9.62. The third kappa shape index (κ3) is 4.69. The molecular weight excluding hydrogens is 314 g/mol. The molecule has 1 atom stereocenters. The number of likely N-dealkylation sites (N-methyl/N-ethyl adjacent to an activating group) is 1. The van der Waals surface area contributed by atoms with Crippen molar-refractivity contribution in [3.63, 3.8) is 0 Å². The van der Waals surface area contributed by atoms with E-state index in [4.69, 9.17) is 0 Å². The minimum absolute atomic E-state index is 0.0697. The number of anilines is 1. The number of nitrogens with zero attached hydrogens (tertiary/aromatic N) is 5. The van der Waals surface area contributed by atoms with Gasteiger partial charge in [-0.25, -0.2) is 9.97 Å². The molecule has 3 rings (SSSR count). The van der Waals surface area contributed by atoms with Crippen molar-refractivity contribution in [2.75, 3.05) is 45.2 Å². The molecule has 0 N–H and O–H groups in total. The van der Waals surface area contributed by atoms with E-state index < -0.39 is 0 Å². The van der Waals surface area contributed by atoms with E-state index in [0.717, 1.165) is 57.8 Å². The van der Waals surface area contributed by atoms with Crippen LogP contribution in [0.15, 0.2) is 18.5 Å². The molecule has 0 radical (unpaired) electrons. The second-order valence-corrected chi connectivity index (χ2v) is 7.61. The molecule has 1 saturated heterocycles. The van der Waals surface area contributed by atoms with Crippen LogP contribution in [0.4, 0.5) is 5.95 Å². The van der Waals surface area contributed by atoms with E-state index in [0.29, 0.717) is 11.9 Å². The summed E-state index contributed by atoms with van der Waals surface area (Å²) < 4.78 is 0. The van der Waals surface area contributed by atoms with Crippen LogP contribution < -0.4 is 4.90 Å². The fourth-order valence-electron chi connectivity index (χ4n) is 4.05. The predicted molar refractivity (Wildman–Crippen MR) is 99.5 cm³/mol. The van der Waals surface area contributed by atoms with Crippen molar-refractivity contribution in [1.82, 2.24) is 19.8 Å². The average molecular weight is 345 g/mol. The number of carbonyl (C=O) groups excluding carboxylic acids is 1. The zero-order chi connectivity index (χ0) is 17.6. The Kier molecular flexibility index (Phi) is 6.24. The van der Waals surface area contributed by atoms with E-state index in [1.807, 2.05) is 6.07 Å². The number of hydrogen-bond acceptors (Lipinski definition) is 5. The average Bonchev–Trinajstić information content (AvgIpc) is 3.17. The molecule has 2 aliphatic rings. The van der Waals surface area contributed by atoms with Crippen LogP contribution in [0.2, 0.25) is 0 Å². The highest BCUT2D eigenvalue weighted by molar-refractivity contribution is 5.80. The molecule has 0 bridgehead atoms. The number of hydrogen-bond donors (Lipinski definition) is 0. The van der Waals surface area contributed by atoms with Crippen LogP contribution in [0, 0.1) is 5.92 Å². The Morgan fingerprint density at radius 3 is 2.52 bits per heavy atom. The van der Waals surface area contributed by atoms with Gasteiger partial charge in [0.15, 0.2) is 0 Å². The first-order chi connectivity index (χ1) is 12.1. The Morgan fingerprint density at radius 2 is 1.84 bits per heavy atom. The van der Waals surface area contributed by atoms with Gasteiger partial charge in [0.25, 0.3) is 0 Å². The van der Waals surface area contributed by atoms with Crippen molar-refractivity contribution < 1.29 is 4.79 Å². The van der Waals surface area contributed by atoms with Gasteiger partial charge in [-0.15, -0.1) is 0 Å². The number of carbonyl (C=O) groups is 1. The Labute approximate surface area is 151 Å². The predicted octanol–water partition coefficient (Wildman–Crippen LogP) is 2.03. The van der Waals surface area contributed by atoms with Crippen LogP contribution in [0.5, 0.6) is 0 Å². The minimum atomic E-state index is 0.0697. The fraction of sp³-hybridized carbons (Fsp3) is 0.737. The lowest BCUT2D eigenvalue weighted by atomic mass is 9.95. The van der Waals surface area contributed by atoms with Gasteiger partial charge in [-0.3, -0.25) is 4.79 Å². The van der Waals surface area contributed by atoms with Crippen LogP contribution in [0.25, 0.3) is 0 Å². The van der Waals surface area contributed by atoms with Gasteiger partial charge in [-0.2, -0.15) is 0 Å². The van der Waals surface area contributed by atoms with Crippen LogP contribution >= 0.6 is 0 Å². The van der Waals surface area contributed by atoms with Crippen molar-refractivity contribution in [1.29, 1.82) is 0 Å². The van der Waals surface area contributed by atoms with Crippen LogP contribution in [0.3, 0.4) is 0 Å². The Balaban J connectivity index is 1.67. The molecule has 1 aromatic rings. The van der Waals surface area contributed by atoms with Crippen molar-refractivity contribution in [3.8, 4) is 0 Å². The molecule has 1 amide bonds. The fourth-order valence-corrected chi connectivity index (χ4v) is 4.05. The Morgan fingerprint density at radius 1 is 1.12 bits per heavy atom. The van der Waals surface area contributed by atoms with Crippen molar-refractivity contribution in [3.05, 3.63) is 18.5 Å². The quantitative estimate of drug-likeness (QED) is 0.790. The summed E-state index contributed by atoms with van der Waals surface area (Å²) in [5, 5.41) is 0. The zero-order valence-corrected chi connectivity index (χ0v) is 15.6. The van der Waals surface area contributed by atoms with E-state index in [1.54, 1.807) is 12.4 Å². The second kappa shape index (κ2) is 8.61.